The van der Waals surface area contributed by atoms with Crippen LogP contribution < -0.4 is 4.90 Å². The van der Waals surface area contributed by atoms with Crippen LogP contribution in [0.3, 0.4) is 0 Å². The molecule has 0 amide bonds. The molecular formula is C34H23NO. The van der Waals surface area contributed by atoms with Gasteiger partial charge in [0.25, 0.3) is 0 Å². The topological polar surface area (TPSA) is 16.4 Å². The maximum Gasteiger partial charge on any atom is 0.136 e. The van der Waals surface area contributed by atoms with Crippen molar-refractivity contribution in [2.24, 2.45) is 0 Å². The van der Waals surface area contributed by atoms with Gasteiger partial charge in [0.05, 0.1) is 11.4 Å². The van der Waals surface area contributed by atoms with Gasteiger partial charge in [-0.15, -0.1) is 0 Å². The van der Waals surface area contributed by atoms with Crippen LogP contribution in [0.15, 0.2) is 144 Å². The lowest BCUT2D eigenvalue weighted by molar-refractivity contribution is 0.669. The molecule has 0 radical (unpaired) electrons. The fourth-order valence-corrected chi connectivity index (χ4v) is 5.19. The van der Waals surface area contributed by atoms with Crippen molar-refractivity contribution >= 4 is 49.8 Å². The van der Waals surface area contributed by atoms with Crippen molar-refractivity contribution in [1.29, 1.82) is 0 Å². The van der Waals surface area contributed by atoms with Crippen molar-refractivity contribution < 1.29 is 4.42 Å². The number of furan rings is 1. The van der Waals surface area contributed by atoms with E-state index >= 15 is 0 Å². The van der Waals surface area contributed by atoms with Crippen molar-refractivity contribution in [3.63, 3.8) is 0 Å². The molecular weight excluding hydrogens is 438 g/mol. The van der Waals surface area contributed by atoms with E-state index in [-0.39, 0.29) is 0 Å². The van der Waals surface area contributed by atoms with Gasteiger partial charge >= 0.3 is 0 Å². The fourth-order valence-electron chi connectivity index (χ4n) is 5.19. The highest BCUT2D eigenvalue weighted by Gasteiger charge is 2.19. The van der Waals surface area contributed by atoms with E-state index in [1.165, 1.54) is 10.8 Å². The van der Waals surface area contributed by atoms with Gasteiger partial charge in [-0.1, -0.05) is 97.1 Å². The first kappa shape index (κ1) is 20.5. The second-order valence-corrected chi connectivity index (χ2v) is 9.00. The van der Waals surface area contributed by atoms with Crippen LogP contribution in [-0.2, 0) is 0 Å². The summed E-state index contributed by atoms with van der Waals surface area (Å²) in [4.78, 5) is 2.36. The normalized spacial score (nSPS) is 11.3. The van der Waals surface area contributed by atoms with Crippen LogP contribution in [0.4, 0.5) is 17.1 Å². The third-order valence-electron chi connectivity index (χ3n) is 6.86. The molecule has 7 rings (SSSR count). The Morgan fingerprint density at radius 1 is 0.444 bits per heavy atom. The van der Waals surface area contributed by atoms with E-state index in [0.717, 1.165) is 50.1 Å². The average Bonchev–Trinajstić information content (AvgIpc) is 3.32. The second-order valence-electron chi connectivity index (χ2n) is 9.00. The molecule has 0 aliphatic rings. The zero-order valence-corrected chi connectivity index (χ0v) is 19.6. The minimum atomic E-state index is 0.903. The molecule has 0 N–H and O–H groups in total. The summed E-state index contributed by atoms with van der Waals surface area (Å²) in [7, 11) is 0. The van der Waals surface area contributed by atoms with Gasteiger partial charge in [0.1, 0.15) is 11.2 Å². The molecule has 7 aromatic rings. The van der Waals surface area contributed by atoms with Gasteiger partial charge in [-0.3, -0.25) is 0 Å². The number of nitrogens with zero attached hydrogens (tertiary/aromatic N) is 1. The summed E-state index contributed by atoms with van der Waals surface area (Å²) in [6.07, 6.45) is 0. The first-order chi connectivity index (χ1) is 17.9. The van der Waals surface area contributed by atoms with E-state index in [9.17, 15) is 0 Å². The van der Waals surface area contributed by atoms with E-state index < -0.39 is 0 Å². The van der Waals surface area contributed by atoms with Crippen LogP contribution in [0.1, 0.15) is 0 Å². The molecule has 0 atom stereocenters. The Kier molecular flexibility index (Phi) is 4.82. The van der Waals surface area contributed by atoms with Crippen molar-refractivity contribution in [1.82, 2.24) is 0 Å². The van der Waals surface area contributed by atoms with Crippen LogP contribution in [0.25, 0.3) is 43.8 Å². The Labute approximate surface area is 209 Å². The Morgan fingerprint density at radius 3 is 2.03 bits per heavy atom. The predicted octanol–water partition coefficient (Wildman–Crippen LogP) is 9.88. The molecule has 0 saturated heterocycles. The van der Waals surface area contributed by atoms with Crippen LogP contribution in [0, 0.1) is 0 Å². The highest BCUT2D eigenvalue weighted by atomic mass is 16.3. The molecule has 1 heterocycles. The molecule has 2 heteroatoms. The third kappa shape index (κ3) is 3.35. The van der Waals surface area contributed by atoms with Gasteiger partial charge in [0, 0.05) is 27.4 Å². The fraction of sp³-hybridized carbons (Fsp3) is 0. The maximum absolute atomic E-state index is 6.23. The van der Waals surface area contributed by atoms with E-state index in [1.807, 2.05) is 12.1 Å². The molecule has 170 valence electrons. The molecule has 0 aliphatic heterocycles. The number of para-hydroxylation sites is 3. The van der Waals surface area contributed by atoms with Gasteiger partial charge in [0.15, 0.2) is 0 Å². The molecule has 1 aromatic heterocycles. The molecule has 0 fully saturated rings. The van der Waals surface area contributed by atoms with Crippen molar-refractivity contribution in [3.05, 3.63) is 140 Å². The Hall–Kier alpha value is -4.82. The summed E-state index contributed by atoms with van der Waals surface area (Å²) >= 11 is 0. The lowest BCUT2D eigenvalue weighted by Gasteiger charge is -2.29. The summed E-state index contributed by atoms with van der Waals surface area (Å²) in [5.41, 5.74) is 7.48. The van der Waals surface area contributed by atoms with Crippen molar-refractivity contribution in [2.75, 3.05) is 4.90 Å². The van der Waals surface area contributed by atoms with Crippen LogP contribution in [0.2, 0.25) is 0 Å². The summed E-state index contributed by atoms with van der Waals surface area (Å²) < 4.78 is 6.23. The standard InChI is InChI=1S/C34H23NO/c1-2-13-26(14-3-1)35(32-19-10-12-24-11-4-5-15-27(24)32)31-18-8-6-16-28(31)25-21-22-30-29-17-7-9-20-33(29)36-34(30)23-25/h1-23H. The van der Waals surface area contributed by atoms with Gasteiger partial charge < -0.3 is 9.32 Å². The van der Waals surface area contributed by atoms with Gasteiger partial charge in [0.2, 0.25) is 0 Å². The second kappa shape index (κ2) is 8.44. The molecule has 36 heavy (non-hydrogen) atoms. The Morgan fingerprint density at radius 2 is 1.11 bits per heavy atom. The third-order valence-corrected chi connectivity index (χ3v) is 6.86. The van der Waals surface area contributed by atoms with Crippen LogP contribution >= 0.6 is 0 Å². The van der Waals surface area contributed by atoms with Crippen LogP contribution in [0.5, 0.6) is 0 Å². The number of hydrogen-bond donors (Lipinski definition) is 0. The molecule has 6 aromatic carbocycles. The number of benzene rings is 6. The average molecular weight is 462 g/mol. The summed E-state index contributed by atoms with van der Waals surface area (Å²) in [5.74, 6) is 0. The largest absolute Gasteiger partial charge is 0.456 e. The molecule has 0 unspecified atom stereocenters. The highest BCUT2D eigenvalue weighted by Crippen LogP contribution is 2.44. The van der Waals surface area contributed by atoms with Gasteiger partial charge in [-0.05, 0) is 53.4 Å². The van der Waals surface area contributed by atoms with E-state index in [0.29, 0.717) is 0 Å². The Balaban J connectivity index is 1.47. The minimum absolute atomic E-state index is 0.903. The smallest absolute Gasteiger partial charge is 0.136 e. The summed E-state index contributed by atoms with van der Waals surface area (Å²) in [6.45, 7) is 0. The van der Waals surface area contributed by atoms with Crippen molar-refractivity contribution in [3.8, 4) is 11.1 Å². The number of fused-ring (bicyclic) bond motifs is 4. The van der Waals surface area contributed by atoms with Gasteiger partial charge in [-0.25, -0.2) is 0 Å². The van der Waals surface area contributed by atoms with E-state index in [4.69, 9.17) is 4.42 Å². The molecule has 2 nitrogen and oxygen atoms in total. The predicted molar refractivity (Wildman–Crippen MR) is 151 cm³/mol. The lowest BCUT2D eigenvalue weighted by atomic mass is 9.99. The molecule has 0 spiro atoms. The minimum Gasteiger partial charge on any atom is -0.456 e. The van der Waals surface area contributed by atoms with E-state index in [1.54, 1.807) is 0 Å². The monoisotopic (exact) mass is 461 g/mol. The lowest BCUT2D eigenvalue weighted by Crippen LogP contribution is -2.11. The molecule has 0 bridgehead atoms. The SMILES string of the molecule is c1ccc(N(c2ccccc2-c2ccc3c(c2)oc2ccccc23)c2cccc3ccccc23)cc1. The summed E-state index contributed by atoms with van der Waals surface area (Å²) in [6, 6.07) is 49.0. The molecule has 0 saturated carbocycles. The highest BCUT2D eigenvalue weighted by molar-refractivity contribution is 6.07. The van der Waals surface area contributed by atoms with Gasteiger partial charge in [-0.2, -0.15) is 0 Å². The number of hydrogen-bond acceptors (Lipinski definition) is 2. The zero-order valence-electron chi connectivity index (χ0n) is 19.6. The van der Waals surface area contributed by atoms with Crippen molar-refractivity contribution in [2.45, 2.75) is 0 Å². The first-order valence-corrected chi connectivity index (χ1v) is 12.2. The first-order valence-electron chi connectivity index (χ1n) is 12.2. The van der Waals surface area contributed by atoms with E-state index in [2.05, 4.69) is 132 Å². The quantitative estimate of drug-likeness (QED) is 0.259. The summed E-state index contributed by atoms with van der Waals surface area (Å²) in [5, 5.41) is 4.72. The number of rotatable bonds is 4. The maximum atomic E-state index is 6.23. The zero-order chi connectivity index (χ0) is 23.9. The Bertz CT molecular complexity index is 1840. The molecule has 0 aliphatic carbocycles. The number of anilines is 3. The van der Waals surface area contributed by atoms with Crippen LogP contribution in [-0.4, -0.2) is 0 Å².